The number of halogens is 1. The van der Waals surface area contributed by atoms with Gasteiger partial charge in [0.2, 0.25) is 0 Å². The van der Waals surface area contributed by atoms with Crippen LogP contribution in [0.15, 0.2) is 48.5 Å². The second-order valence-corrected chi connectivity index (χ2v) is 8.35. The number of rotatable bonds is 5. The zero-order valence-electron chi connectivity index (χ0n) is 18.9. The van der Waals surface area contributed by atoms with E-state index in [4.69, 9.17) is 27.7 Å². The van der Waals surface area contributed by atoms with E-state index in [1.165, 1.54) is 0 Å². The minimum absolute atomic E-state index is 0.105. The molecule has 0 atom stereocenters. The first kappa shape index (κ1) is 23.6. The molecule has 1 saturated heterocycles. The Kier molecular flexibility index (Phi) is 7.31. The molecular weight excluding hydrogens is 452 g/mol. The lowest BCUT2D eigenvalue weighted by Gasteiger charge is -2.34. The number of carbonyl (C=O) groups excluding carboxylic acids is 2. The molecule has 2 amide bonds. The van der Waals surface area contributed by atoms with Gasteiger partial charge in [-0.1, -0.05) is 35.7 Å². The fraction of sp³-hybridized carbons (Fsp3) is 0.269. The van der Waals surface area contributed by atoms with Crippen LogP contribution in [-0.4, -0.2) is 73.2 Å². The van der Waals surface area contributed by atoms with Gasteiger partial charge in [0.15, 0.2) is 0 Å². The van der Waals surface area contributed by atoms with Crippen molar-refractivity contribution in [3.05, 3.63) is 64.7 Å². The van der Waals surface area contributed by atoms with E-state index in [9.17, 15) is 9.59 Å². The summed E-state index contributed by atoms with van der Waals surface area (Å²) in [4.78, 5) is 33.4. The molecule has 4 rings (SSSR count). The number of amides is 2. The number of piperazine rings is 1. The second-order valence-electron chi connectivity index (χ2n) is 7.94. The highest BCUT2D eigenvalue weighted by Crippen LogP contribution is 2.29. The lowest BCUT2D eigenvalue weighted by atomic mass is 10.1. The van der Waals surface area contributed by atoms with Gasteiger partial charge in [-0.3, -0.25) is 4.79 Å². The van der Waals surface area contributed by atoms with Crippen molar-refractivity contribution in [1.29, 1.82) is 0 Å². The highest BCUT2D eigenvalue weighted by molar-refractivity contribution is 6.35. The van der Waals surface area contributed by atoms with Gasteiger partial charge in [0.25, 0.3) is 5.91 Å². The first-order valence-electron chi connectivity index (χ1n) is 11.0. The van der Waals surface area contributed by atoms with E-state index >= 15 is 0 Å². The molecule has 174 valence electrons. The molecule has 8 heteroatoms. The quantitative estimate of drug-likeness (QED) is 0.449. The Morgan fingerprint density at radius 3 is 2.47 bits per heavy atom. The van der Waals surface area contributed by atoms with Gasteiger partial charge >= 0.3 is 6.09 Å². The Balaban J connectivity index is 1.49. The van der Waals surface area contributed by atoms with Crippen LogP contribution in [0.25, 0.3) is 22.2 Å². The summed E-state index contributed by atoms with van der Waals surface area (Å²) in [5, 5.41) is 4.27. The number of aromatic nitrogens is 1. The van der Waals surface area contributed by atoms with Crippen molar-refractivity contribution in [1.82, 2.24) is 20.1 Å². The van der Waals surface area contributed by atoms with Crippen molar-refractivity contribution in [2.75, 3.05) is 46.4 Å². The van der Waals surface area contributed by atoms with Gasteiger partial charge in [0.05, 0.1) is 16.2 Å². The summed E-state index contributed by atoms with van der Waals surface area (Å²) >= 11 is 6.52. The zero-order valence-corrected chi connectivity index (χ0v) is 19.6. The average Bonchev–Trinajstić information content (AvgIpc) is 2.88. The van der Waals surface area contributed by atoms with Gasteiger partial charge in [-0.15, -0.1) is 6.42 Å². The summed E-state index contributed by atoms with van der Waals surface area (Å²) in [6.45, 7) is 2.65. The molecule has 0 spiro atoms. The van der Waals surface area contributed by atoms with Crippen LogP contribution in [0, 0.1) is 12.3 Å². The van der Waals surface area contributed by atoms with Crippen molar-refractivity contribution in [3.8, 4) is 23.6 Å². The topological polar surface area (TPSA) is 74.8 Å². The molecule has 3 aromatic rings. The van der Waals surface area contributed by atoms with Crippen LogP contribution in [0.3, 0.4) is 0 Å². The Bertz CT molecular complexity index is 1250. The van der Waals surface area contributed by atoms with E-state index in [1.54, 1.807) is 29.0 Å². The number of hydrogen-bond donors (Lipinski definition) is 1. The van der Waals surface area contributed by atoms with E-state index in [0.29, 0.717) is 61.1 Å². The van der Waals surface area contributed by atoms with E-state index in [2.05, 4.69) is 11.2 Å². The van der Waals surface area contributed by atoms with Crippen LogP contribution in [0.1, 0.15) is 15.9 Å². The maximum absolute atomic E-state index is 13.1. The smallest absolute Gasteiger partial charge is 0.409 e. The third-order valence-corrected chi connectivity index (χ3v) is 6.07. The lowest BCUT2D eigenvalue weighted by molar-refractivity contribution is 0.0563. The van der Waals surface area contributed by atoms with Crippen molar-refractivity contribution >= 4 is 34.5 Å². The molecule has 0 saturated carbocycles. The highest BCUT2D eigenvalue weighted by atomic mass is 35.5. The number of nitrogens with one attached hydrogen (secondary N) is 1. The molecule has 2 aromatic carbocycles. The summed E-state index contributed by atoms with van der Waals surface area (Å²) in [7, 11) is 1.80. The first-order chi connectivity index (χ1) is 16.5. The number of ether oxygens (including phenoxy) is 1. The molecule has 1 aliphatic rings. The molecule has 7 nitrogen and oxygen atoms in total. The Morgan fingerprint density at radius 1 is 1.09 bits per heavy atom. The van der Waals surface area contributed by atoms with Crippen molar-refractivity contribution < 1.29 is 14.3 Å². The van der Waals surface area contributed by atoms with Gasteiger partial charge in [-0.25, -0.2) is 9.78 Å². The van der Waals surface area contributed by atoms with Gasteiger partial charge in [0.1, 0.15) is 6.61 Å². The van der Waals surface area contributed by atoms with E-state index < -0.39 is 0 Å². The minimum Gasteiger partial charge on any atom is -0.448 e. The van der Waals surface area contributed by atoms with Crippen molar-refractivity contribution in [2.24, 2.45) is 0 Å². The van der Waals surface area contributed by atoms with Crippen LogP contribution in [0.4, 0.5) is 4.79 Å². The number of terminal acetylenes is 1. The molecule has 0 bridgehead atoms. The maximum Gasteiger partial charge on any atom is 0.409 e. The number of carbonyl (C=O) groups is 2. The van der Waals surface area contributed by atoms with Crippen LogP contribution in [0.5, 0.6) is 0 Å². The highest BCUT2D eigenvalue weighted by Gasteiger charge is 2.26. The number of likely N-dealkylation sites (N-methyl/N-ethyl adjacent to an activating group) is 1. The minimum atomic E-state index is -0.352. The van der Waals surface area contributed by atoms with Crippen molar-refractivity contribution in [3.63, 3.8) is 0 Å². The summed E-state index contributed by atoms with van der Waals surface area (Å²) < 4.78 is 5.21. The standard InChI is InChI=1S/C26H25ClN4O3/c1-3-18-4-6-19(7-5-18)23-17-22(27)21-9-8-20(16-24(21)29-23)25(32)30-11-13-31(14-12-30)26(33)34-15-10-28-2/h1,4-9,16-17,28H,10-15H2,2H3. The molecule has 1 aromatic heterocycles. The molecule has 0 aliphatic carbocycles. The SMILES string of the molecule is C#Cc1ccc(-c2cc(Cl)c3ccc(C(=O)N4CCN(C(=O)OCCNC)CC4)cc3n2)cc1. The summed E-state index contributed by atoms with van der Waals surface area (Å²) in [5.41, 5.74) is 3.55. The predicted octanol–water partition coefficient (Wildman–Crippen LogP) is 3.65. The van der Waals surface area contributed by atoms with Crippen LogP contribution < -0.4 is 5.32 Å². The van der Waals surface area contributed by atoms with Gasteiger partial charge in [-0.05, 0) is 37.4 Å². The molecule has 0 unspecified atom stereocenters. The number of nitrogens with zero attached hydrogens (tertiary/aromatic N) is 3. The summed E-state index contributed by atoms with van der Waals surface area (Å²) in [6, 6.07) is 14.7. The van der Waals surface area contributed by atoms with E-state index in [-0.39, 0.29) is 12.0 Å². The molecule has 0 radical (unpaired) electrons. The maximum atomic E-state index is 13.1. The Hall–Kier alpha value is -3.60. The van der Waals surface area contributed by atoms with Crippen molar-refractivity contribution in [2.45, 2.75) is 0 Å². The molecule has 1 N–H and O–H groups in total. The fourth-order valence-corrected chi connectivity index (χ4v) is 4.07. The lowest BCUT2D eigenvalue weighted by Crippen LogP contribution is -2.50. The molecular formula is C26H25ClN4O3. The Labute approximate surface area is 203 Å². The molecule has 34 heavy (non-hydrogen) atoms. The predicted molar refractivity (Wildman–Crippen MR) is 133 cm³/mol. The first-order valence-corrected chi connectivity index (χ1v) is 11.4. The monoisotopic (exact) mass is 476 g/mol. The van der Waals surface area contributed by atoms with E-state index in [1.807, 2.05) is 36.4 Å². The molecule has 2 heterocycles. The second kappa shape index (κ2) is 10.6. The zero-order chi connectivity index (χ0) is 24.1. The third-order valence-electron chi connectivity index (χ3n) is 5.76. The van der Waals surface area contributed by atoms with Crippen LogP contribution in [-0.2, 0) is 4.74 Å². The normalized spacial score (nSPS) is 13.6. The van der Waals surface area contributed by atoms with Gasteiger partial charge in [0, 0.05) is 54.8 Å². The van der Waals surface area contributed by atoms with E-state index in [0.717, 1.165) is 16.5 Å². The van der Waals surface area contributed by atoms with Crippen LogP contribution in [0.2, 0.25) is 5.02 Å². The summed E-state index contributed by atoms with van der Waals surface area (Å²) in [6.07, 6.45) is 5.09. The largest absolute Gasteiger partial charge is 0.448 e. The number of benzene rings is 2. The summed E-state index contributed by atoms with van der Waals surface area (Å²) in [5.74, 6) is 2.49. The number of pyridine rings is 1. The average molecular weight is 477 g/mol. The number of hydrogen-bond acceptors (Lipinski definition) is 5. The van der Waals surface area contributed by atoms with Gasteiger partial charge < -0.3 is 19.9 Å². The molecule has 1 fully saturated rings. The third kappa shape index (κ3) is 5.14. The van der Waals surface area contributed by atoms with Gasteiger partial charge in [-0.2, -0.15) is 0 Å². The fourth-order valence-electron chi connectivity index (χ4n) is 3.81. The molecule has 1 aliphatic heterocycles. The van der Waals surface area contributed by atoms with Crippen LogP contribution >= 0.6 is 11.6 Å². The number of fused-ring (bicyclic) bond motifs is 1. The Morgan fingerprint density at radius 2 is 1.79 bits per heavy atom.